The van der Waals surface area contributed by atoms with Crippen molar-refractivity contribution in [3.8, 4) is 0 Å². The molecule has 0 aromatic rings. The zero-order valence-corrected chi connectivity index (χ0v) is 10.1. The highest BCUT2D eigenvalue weighted by Gasteiger charge is 2.27. The molecule has 0 amide bonds. The molecule has 16 heavy (non-hydrogen) atoms. The predicted molar refractivity (Wildman–Crippen MR) is 60.8 cm³/mol. The molecule has 1 unspecified atom stereocenters. The highest BCUT2D eigenvalue weighted by atomic mass is 35.5. The van der Waals surface area contributed by atoms with Crippen molar-refractivity contribution in [2.75, 3.05) is 26.2 Å². The molecular formula is C10H20ClF3N2. The third-order valence-electron chi connectivity index (χ3n) is 2.87. The highest BCUT2D eigenvalue weighted by molar-refractivity contribution is 5.85. The van der Waals surface area contributed by atoms with Crippen molar-refractivity contribution < 1.29 is 13.2 Å². The van der Waals surface area contributed by atoms with Gasteiger partial charge < -0.3 is 10.6 Å². The van der Waals surface area contributed by atoms with Gasteiger partial charge in [0.05, 0.1) is 0 Å². The average molecular weight is 261 g/mol. The van der Waals surface area contributed by atoms with Crippen molar-refractivity contribution in [3.63, 3.8) is 0 Å². The maximum atomic E-state index is 11.9. The lowest BCUT2D eigenvalue weighted by Gasteiger charge is -2.32. The zero-order chi connectivity index (χ0) is 11.3. The Kier molecular flexibility index (Phi) is 7.35. The number of piperidine rings is 1. The number of likely N-dealkylation sites (tertiary alicyclic amines) is 1. The van der Waals surface area contributed by atoms with Gasteiger partial charge in [0.25, 0.3) is 0 Å². The van der Waals surface area contributed by atoms with Crippen molar-refractivity contribution in [1.29, 1.82) is 0 Å². The van der Waals surface area contributed by atoms with E-state index in [1.807, 2.05) is 0 Å². The third kappa shape index (κ3) is 6.55. The first-order chi connectivity index (χ1) is 7.01. The van der Waals surface area contributed by atoms with Crippen LogP contribution < -0.4 is 5.73 Å². The van der Waals surface area contributed by atoms with Gasteiger partial charge in [-0.2, -0.15) is 13.2 Å². The molecule has 0 saturated carbocycles. The van der Waals surface area contributed by atoms with Crippen LogP contribution in [0.5, 0.6) is 0 Å². The Morgan fingerprint density at radius 2 is 2.00 bits per heavy atom. The smallest absolute Gasteiger partial charge is 0.330 e. The Balaban J connectivity index is 0.00000225. The van der Waals surface area contributed by atoms with Crippen LogP contribution in [-0.4, -0.2) is 37.3 Å². The number of alkyl halides is 3. The molecule has 0 radical (unpaired) electrons. The fraction of sp³-hybridized carbons (Fsp3) is 1.00. The van der Waals surface area contributed by atoms with Crippen LogP contribution >= 0.6 is 12.4 Å². The topological polar surface area (TPSA) is 29.3 Å². The molecule has 1 rings (SSSR count). The van der Waals surface area contributed by atoms with Gasteiger partial charge in [-0.15, -0.1) is 12.4 Å². The predicted octanol–water partition coefficient (Wildman–Crippen LogP) is 2.42. The SMILES string of the molecule is Cl.NCC1CCCN(CCCC(F)(F)F)C1. The molecule has 98 valence electrons. The van der Waals surface area contributed by atoms with Gasteiger partial charge >= 0.3 is 6.18 Å². The van der Waals surface area contributed by atoms with Crippen LogP contribution in [0.2, 0.25) is 0 Å². The molecule has 0 aromatic heterocycles. The molecule has 2 N–H and O–H groups in total. The van der Waals surface area contributed by atoms with E-state index in [9.17, 15) is 13.2 Å². The number of nitrogens with zero attached hydrogens (tertiary/aromatic N) is 1. The van der Waals surface area contributed by atoms with E-state index >= 15 is 0 Å². The Hall–Kier alpha value is -0.0000000000000000555. The van der Waals surface area contributed by atoms with Gasteiger partial charge in [0.2, 0.25) is 0 Å². The Morgan fingerprint density at radius 3 is 2.56 bits per heavy atom. The zero-order valence-electron chi connectivity index (χ0n) is 9.30. The summed E-state index contributed by atoms with van der Waals surface area (Å²) in [6.07, 6.45) is -2.29. The molecule has 0 spiro atoms. The summed E-state index contributed by atoms with van der Waals surface area (Å²) in [7, 11) is 0. The normalized spacial score (nSPS) is 22.9. The molecule has 1 saturated heterocycles. The Bertz CT molecular complexity index is 187. The van der Waals surface area contributed by atoms with E-state index in [2.05, 4.69) is 4.90 Å². The molecule has 0 aromatic carbocycles. The summed E-state index contributed by atoms with van der Waals surface area (Å²) in [5, 5.41) is 0. The van der Waals surface area contributed by atoms with Crippen molar-refractivity contribution in [2.45, 2.75) is 31.9 Å². The van der Waals surface area contributed by atoms with E-state index < -0.39 is 12.6 Å². The van der Waals surface area contributed by atoms with Gasteiger partial charge in [-0.05, 0) is 44.8 Å². The molecule has 0 bridgehead atoms. The summed E-state index contributed by atoms with van der Waals surface area (Å²) in [4.78, 5) is 2.10. The van der Waals surface area contributed by atoms with Gasteiger partial charge in [-0.25, -0.2) is 0 Å². The minimum atomic E-state index is -4.01. The van der Waals surface area contributed by atoms with E-state index in [1.54, 1.807) is 0 Å². The second-order valence-electron chi connectivity index (χ2n) is 4.26. The van der Waals surface area contributed by atoms with Crippen molar-refractivity contribution in [1.82, 2.24) is 4.90 Å². The first-order valence-corrected chi connectivity index (χ1v) is 5.50. The van der Waals surface area contributed by atoms with Crippen molar-refractivity contribution >= 4 is 12.4 Å². The molecular weight excluding hydrogens is 241 g/mol. The Morgan fingerprint density at radius 1 is 1.31 bits per heavy atom. The number of nitrogens with two attached hydrogens (primary N) is 1. The highest BCUT2D eigenvalue weighted by Crippen LogP contribution is 2.22. The minimum Gasteiger partial charge on any atom is -0.330 e. The fourth-order valence-electron chi connectivity index (χ4n) is 2.05. The van der Waals surface area contributed by atoms with E-state index in [1.165, 1.54) is 0 Å². The summed E-state index contributed by atoms with van der Waals surface area (Å²) >= 11 is 0. The minimum absolute atomic E-state index is 0. The summed E-state index contributed by atoms with van der Waals surface area (Å²) in [5.74, 6) is 0.477. The molecule has 1 fully saturated rings. The maximum absolute atomic E-state index is 11.9. The van der Waals surface area contributed by atoms with Crippen molar-refractivity contribution in [3.05, 3.63) is 0 Å². The summed E-state index contributed by atoms with van der Waals surface area (Å²) in [5.41, 5.74) is 5.56. The second-order valence-corrected chi connectivity index (χ2v) is 4.26. The van der Waals surface area contributed by atoms with Gasteiger partial charge in [0, 0.05) is 13.0 Å². The van der Waals surface area contributed by atoms with Crippen LogP contribution in [0.25, 0.3) is 0 Å². The van der Waals surface area contributed by atoms with E-state index in [0.717, 1.165) is 25.9 Å². The van der Waals surface area contributed by atoms with Crippen LogP contribution in [0.4, 0.5) is 13.2 Å². The lowest BCUT2D eigenvalue weighted by molar-refractivity contribution is -0.136. The van der Waals surface area contributed by atoms with Crippen LogP contribution in [0.3, 0.4) is 0 Å². The standard InChI is InChI=1S/C10H19F3N2.ClH/c11-10(12,13)4-2-6-15-5-1-3-9(7-14)8-15;/h9H,1-8,14H2;1H. The molecule has 1 aliphatic rings. The molecule has 0 aliphatic carbocycles. The lowest BCUT2D eigenvalue weighted by Crippen LogP contribution is -2.39. The average Bonchev–Trinajstić information content (AvgIpc) is 2.16. The van der Waals surface area contributed by atoms with Crippen LogP contribution in [0, 0.1) is 5.92 Å². The van der Waals surface area contributed by atoms with Gasteiger partial charge in [-0.3, -0.25) is 0 Å². The van der Waals surface area contributed by atoms with Gasteiger partial charge in [-0.1, -0.05) is 0 Å². The largest absolute Gasteiger partial charge is 0.389 e. The summed E-state index contributed by atoms with van der Waals surface area (Å²) < 4.78 is 35.7. The first-order valence-electron chi connectivity index (χ1n) is 5.50. The van der Waals surface area contributed by atoms with Crippen molar-refractivity contribution in [2.24, 2.45) is 11.7 Å². The quantitative estimate of drug-likeness (QED) is 0.841. The lowest BCUT2D eigenvalue weighted by atomic mass is 9.98. The number of hydrogen-bond acceptors (Lipinski definition) is 2. The monoisotopic (exact) mass is 260 g/mol. The molecule has 1 atom stereocenters. The number of hydrogen-bond donors (Lipinski definition) is 1. The number of rotatable bonds is 4. The van der Waals surface area contributed by atoms with E-state index in [4.69, 9.17) is 5.73 Å². The van der Waals surface area contributed by atoms with Gasteiger partial charge in [0.1, 0.15) is 0 Å². The molecule has 1 aliphatic heterocycles. The van der Waals surface area contributed by atoms with Crippen LogP contribution in [-0.2, 0) is 0 Å². The second kappa shape index (κ2) is 7.35. The summed E-state index contributed by atoms with van der Waals surface area (Å²) in [6, 6.07) is 0. The molecule has 6 heteroatoms. The fourth-order valence-corrected chi connectivity index (χ4v) is 2.05. The summed E-state index contributed by atoms with van der Waals surface area (Å²) in [6.45, 7) is 2.99. The van der Waals surface area contributed by atoms with E-state index in [-0.39, 0.29) is 18.8 Å². The Labute approximate surface area is 101 Å². The van der Waals surface area contributed by atoms with Crippen LogP contribution in [0.1, 0.15) is 25.7 Å². The van der Waals surface area contributed by atoms with Gasteiger partial charge in [0.15, 0.2) is 0 Å². The first kappa shape index (κ1) is 16.0. The van der Waals surface area contributed by atoms with E-state index in [0.29, 0.717) is 19.0 Å². The maximum Gasteiger partial charge on any atom is 0.389 e. The molecule has 1 heterocycles. The third-order valence-corrected chi connectivity index (χ3v) is 2.87. The van der Waals surface area contributed by atoms with Crippen LogP contribution in [0.15, 0.2) is 0 Å². The molecule has 2 nitrogen and oxygen atoms in total. The number of halogens is 4.